The van der Waals surface area contributed by atoms with Crippen molar-refractivity contribution in [1.29, 1.82) is 0 Å². The lowest BCUT2D eigenvalue weighted by atomic mass is 10.0. The summed E-state index contributed by atoms with van der Waals surface area (Å²) in [5.41, 5.74) is 7.42. The van der Waals surface area contributed by atoms with Gasteiger partial charge >= 0.3 is 6.18 Å². The zero-order chi connectivity index (χ0) is 12.2. The van der Waals surface area contributed by atoms with E-state index in [4.69, 9.17) is 5.73 Å². The second kappa shape index (κ2) is 5.30. The van der Waals surface area contributed by atoms with E-state index in [1.54, 1.807) is 18.3 Å². The van der Waals surface area contributed by atoms with Gasteiger partial charge in [0.2, 0.25) is 0 Å². The largest absolute Gasteiger partial charge is 0.389 e. The van der Waals surface area contributed by atoms with Gasteiger partial charge in [0, 0.05) is 24.4 Å². The van der Waals surface area contributed by atoms with E-state index in [0.29, 0.717) is 6.42 Å². The van der Waals surface area contributed by atoms with Gasteiger partial charge in [-0.1, -0.05) is 6.07 Å². The second-order valence-corrected chi connectivity index (χ2v) is 3.85. The molecule has 90 valence electrons. The molecular formula is C11H15F3N2. The van der Waals surface area contributed by atoms with Gasteiger partial charge in [0.05, 0.1) is 0 Å². The van der Waals surface area contributed by atoms with Crippen molar-refractivity contribution in [2.45, 2.75) is 38.4 Å². The predicted octanol–water partition coefficient (Wildman–Crippen LogP) is 3.12. The van der Waals surface area contributed by atoms with Crippen molar-refractivity contribution < 1.29 is 13.2 Å². The topological polar surface area (TPSA) is 38.9 Å². The second-order valence-electron chi connectivity index (χ2n) is 3.85. The Morgan fingerprint density at radius 1 is 1.38 bits per heavy atom. The summed E-state index contributed by atoms with van der Waals surface area (Å²) in [6.07, 6.45) is -2.87. The quantitative estimate of drug-likeness (QED) is 0.866. The van der Waals surface area contributed by atoms with Crippen molar-refractivity contribution in [3.63, 3.8) is 0 Å². The minimum atomic E-state index is -4.09. The van der Waals surface area contributed by atoms with E-state index in [9.17, 15) is 13.2 Å². The Kier molecular flexibility index (Phi) is 4.29. The number of pyridine rings is 1. The van der Waals surface area contributed by atoms with E-state index in [1.165, 1.54) is 0 Å². The molecule has 1 rings (SSSR count). The van der Waals surface area contributed by atoms with Crippen molar-refractivity contribution in [1.82, 2.24) is 4.98 Å². The summed E-state index contributed by atoms with van der Waals surface area (Å²) in [6, 6.07) is 3.25. The van der Waals surface area contributed by atoms with E-state index in [1.807, 2.05) is 6.92 Å². The first-order valence-electron chi connectivity index (χ1n) is 5.13. The lowest BCUT2D eigenvalue weighted by molar-refractivity contribution is -0.135. The third-order valence-electron chi connectivity index (χ3n) is 2.34. The third kappa shape index (κ3) is 4.61. The number of aromatic nitrogens is 1. The summed E-state index contributed by atoms with van der Waals surface area (Å²) in [6.45, 7) is 1.85. The average molecular weight is 232 g/mol. The van der Waals surface area contributed by atoms with Gasteiger partial charge in [-0.2, -0.15) is 13.2 Å². The summed E-state index contributed by atoms with van der Waals surface area (Å²) < 4.78 is 35.7. The number of halogens is 3. The normalized spacial score (nSPS) is 13.8. The fraction of sp³-hybridized carbons (Fsp3) is 0.545. The Morgan fingerprint density at radius 3 is 2.56 bits per heavy atom. The van der Waals surface area contributed by atoms with Crippen molar-refractivity contribution in [3.8, 4) is 0 Å². The number of hydrogen-bond donors (Lipinski definition) is 1. The molecule has 2 nitrogen and oxygen atoms in total. The van der Waals surface area contributed by atoms with Gasteiger partial charge in [-0.15, -0.1) is 0 Å². The van der Waals surface area contributed by atoms with Gasteiger partial charge in [-0.05, 0) is 31.4 Å². The monoisotopic (exact) mass is 232 g/mol. The molecule has 0 spiro atoms. The van der Waals surface area contributed by atoms with Gasteiger partial charge in [-0.3, -0.25) is 4.98 Å². The fourth-order valence-corrected chi connectivity index (χ4v) is 1.39. The number of alkyl halides is 3. The molecule has 1 aromatic heterocycles. The van der Waals surface area contributed by atoms with Crippen LogP contribution < -0.4 is 5.73 Å². The molecule has 0 saturated carbocycles. The average Bonchev–Trinajstić information content (AvgIpc) is 2.16. The van der Waals surface area contributed by atoms with E-state index in [-0.39, 0.29) is 12.5 Å². The Balaban J connectivity index is 2.41. The minimum absolute atomic E-state index is 0.0541. The van der Waals surface area contributed by atoms with Crippen LogP contribution in [0.2, 0.25) is 0 Å². The Morgan fingerprint density at radius 2 is 2.06 bits per heavy atom. The zero-order valence-corrected chi connectivity index (χ0v) is 9.09. The van der Waals surface area contributed by atoms with Gasteiger partial charge in [-0.25, -0.2) is 0 Å². The van der Waals surface area contributed by atoms with Crippen molar-refractivity contribution in [2.75, 3.05) is 0 Å². The van der Waals surface area contributed by atoms with Crippen LogP contribution in [0.25, 0.3) is 0 Å². The van der Waals surface area contributed by atoms with Crippen LogP contribution in [0, 0.1) is 6.92 Å². The first-order chi connectivity index (χ1) is 7.38. The van der Waals surface area contributed by atoms with Crippen LogP contribution in [0.15, 0.2) is 18.3 Å². The van der Waals surface area contributed by atoms with Crippen LogP contribution in [0.4, 0.5) is 13.2 Å². The van der Waals surface area contributed by atoms with E-state index in [2.05, 4.69) is 4.98 Å². The molecule has 5 heteroatoms. The summed E-state index contributed by atoms with van der Waals surface area (Å²) >= 11 is 0. The molecule has 0 amide bonds. The highest BCUT2D eigenvalue weighted by Crippen LogP contribution is 2.25. The Labute approximate surface area is 92.7 Å². The highest BCUT2D eigenvalue weighted by atomic mass is 19.4. The number of nitrogens with zero attached hydrogens (tertiary/aromatic N) is 1. The highest BCUT2D eigenvalue weighted by molar-refractivity contribution is 5.16. The third-order valence-corrected chi connectivity index (χ3v) is 2.34. The molecule has 0 aliphatic rings. The maximum absolute atomic E-state index is 11.9. The lowest BCUT2D eigenvalue weighted by Gasteiger charge is -2.12. The van der Waals surface area contributed by atoms with Gasteiger partial charge in [0.25, 0.3) is 0 Å². The smallest absolute Gasteiger partial charge is 0.324 e. The van der Waals surface area contributed by atoms with Crippen LogP contribution in [0.3, 0.4) is 0 Å². The van der Waals surface area contributed by atoms with Crippen LogP contribution in [-0.2, 0) is 0 Å². The fourth-order valence-electron chi connectivity index (χ4n) is 1.39. The molecule has 0 radical (unpaired) electrons. The first kappa shape index (κ1) is 13.0. The molecule has 16 heavy (non-hydrogen) atoms. The van der Waals surface area contributed by atoms with Gasteiger partial charge in [0.1, 0.15) is 0 Å². The molecule has 0 aromatic carbocycles. The maximum atomic E-state index is 11.9. The molecule has 2 N–H and O–H groups in total. The van der Waals surface area contributed by atoms with Crippen molar-refractivity contribution in [2.24, 2.45) is 5.73 Å². The molecule has 0 saturated heterocycles. The molecule has 1 heterocycles. The van der Waals surface area contributed by atoms with Crippen molar-refractivity contribution >= 4 is 0 Å². The van der Waals surface area contributed by atoms with Crippen LogP contribution in [0.5, 0.6) is 0 Å². The molecule has 1 aromatic rings. The standard InChI is InChI=1S/C11H15F3N2/c1-8-4-5-9(7-16-8)10(15)3-2-6-11(12,13)14/h4-5,7,10H,2-3,6,15H2,1H3. The molecule has 0 aliphatic carbocycles. The summed E-state index contributed by atoms with van der Waals surface area (Å²) in [4.78, 5) is 4.05. The summed E-state index contributed by atoms with van der Waals surface area (Å²) in [5, 5.41) is 0. The SMILES string of the molecule is Cc1ccc(C(N)CCCC(F)(F)F)cn1. The molecule has 1 atom stereocenters. The van der Waals surface area contributed by atoms with Crippen LogP contribution >= 0.6 is 0 Å². The number of aryl methyl sites for hydroxylation is 1. The Bertz CT molecular complexity index is 319. The predicted molar refractivity (Wildman–Crippen MR) is 55.8 cm³/mol. The molecule has 1 unspecified atom stereocenters. The highest BCUT2D eigenvalue weighted by Gasteiger charge is 2.26. The molecule has 0 fully saturated rings. The summed E-state index contributed by atoms with van der Waals surface area (Å²) in [7, 11) is 0. The van der Waals surface area contributed by atoms with Crippen LogP contribution in [-0.4, -0.2) is 11.2 Å². The van der Waals surface area contributed by atoms with Crippen LogP contribution in [0.1, 0.15) is 36.6 Å². The maximum Gasteiger partial charge on any atom is 0.389 e. The van der Waals surface area contributed by atoms with Gasteiger partial charge in [0.15, 0.2) is 0 Å². The number of nitrogens with two attached hydrogens (primary N) is 1. The molecular weight excluding hydrogens is 217 g/mol. The van der Waals surface area contributed by atoms with E-state index in [0.717, 1.165) is 11.3 Å². The lowest BCUT2D eigenvalue weighted by Crippen LogP contribution is -2.13. The van der Waals surface area contributed by atoms with E-state index >= 15 is 0 Å². The number of rotatable bonds is 4. The zero-order valence-electron chi connectivity index (χ0n) is 9.09. The molecule has 0 aliphatic heterocycles. The number of hydrogen-bond acceptors (Lipinski definition) is 2. The van der Waals surface area contributed by atoms with Gasteiger partial charge < -0.3 is 5.73 Å². The van der Waals surface area contributed by atoms with E-state index < -0.39 is 12.6 Å². The summed E-state index contributed by atoms with van der Waals surface area (Å²) in [5.74, 6) is 0. The van der Waals surface area contributed by atoms with Crippen molar-refractivity contribution in [3.05, 3.63) is 29.6 Å². The minimum Gasteiger partial charge on any atom is -0.324 e. The Hall–Kier alpha value is -1.10. The molecule has 0 bridgehead atoms. The first-order valence-corrected chi connectivity index (χ1v) is 5.13.